The van der Waals surface area contributed by atoms with Gasteiger partial charge in [0.05, 0.1) is 22.4 Å². The maximum atomic E-state index is 13.7. The van der Waals surface area contributed by atoms with E-state index in [-0.39, 0.29) is 17.1 Å². The van der Waals surface area contributed by atoms with Crippen molar-refractivity contribution in [3.05, 3.63) is 80.6 Å². The number of hydrogen-bond donors (Lipinski definition) is 1. The van der Waals surface area contributed by atoms with Gasteiger partial charge in [-0.1, -0.05) is 17.7 Å². The van der Waals surface area contributed by atoms with Crippen molar-refractivity contribution >= 4 is 28.9 Å². The maximum absolute atomic E-state index is 13.7. The summed E-state index contributed by atoms with van der Waals surface area (Å²) in [7, 11) is 0. The highest BCUT2D eigenvalue weighted by Gasteiger charge is 2.40. The number of carbonyl (C=O) groups is 1. The van der Waals surface area contributed by atoms with Crippen LogP contribution in [0.2, 0.25) is 5.02 Å². The smallest absolute Gasteiger partial charge is 0.322 e. The lowest BCUT2D eigenvalue weighted by Gasteiger charge is -2.13. The Morgan fingerprint density at radius 1 is 1.21 bits per heavy atom. The Morgan fingerprint density at radius 3 is 2.45 bits per heavy atom. The summed E-state index contributed by atoms with van der Waals surface area (Å²) in [6.45, 7) is 1.50. The van der Waals surface area contributed by atoms with Crippen molar-refractivity contribution in [2.24, 2.45) is 0 Å². The van der Waals surface area contributed by atoms with E-state index in [1.807, 2.05) is 0 Å². The Hall–Kier alpha value is -3.40. The minimum Gasteiger partial charge on any atom is -0.322 e. The van der Waals surface area contributed by atoms with Gasteiger partial charge in [-0.25, -0.2) is 4.68 Å². The zero-order valence-corrected chi connectivity index (χ0v) is 15.5. The van der Waals surface area contributed by atoms with Crippen LogP contribution in [-0.2, 0) is 6.18 Å². The minimum atomic E-state index is -4.89. The molecule has 1 aromatic heterocycles. The number of alkyl halides is 3. The molecule has 0 fully saturated rings. The van der Waals surface area contributed by atoms with Crippen molar-refractivity contribution in [2.45, 2.75) is 13.1 Å². The Balaban J connectivity index is 2.00. The number of benzene rings is 2. The zero-order chi connectivity index (χ0) is 21.3. The molecule has 0 radical (unpaired) electrons. The molecule has 0 aliphatic rings. The lowest BCUT2D eigenvalue weighted by Crippen LogP contribution is -2.20. The lowest BCUT2D eigenvalue weighted by molar-refractivity contribution is -0.385. The fraction of sp³-hybridized carbons (Fsp3) is 0.111. The fourth-order valence-corrected chi connectivity index (χ4v) is 2.77. The van der Waals surface area contributed by atoms with Gasteiger partial charge >= 0.3 is 6.18 Å². The number of anilines is 1. The molecule has 0 saturated heterocycles. The molecule has 0 unspecified atom stereocenters. The van der Waals surface area contributed by atoms with E-state index >= 15 is 0 Å². The van der Waals surface area contributed by atoms with Gasteiger partial charge in [-0.3, -0.25) is 14.9 Å². The summed E-state index contributed by atoms with van der Waals surface area (Å²) >= 11 is 5.76. The second-order valence-corrected chi connectivity index (χ2v) is 6.44. The predicted molar refractivity (Wildman–Crippen MR) is 99.4 cm³/mol. The number of rotatable bonds is 4. The molecule has 0 saturated carbocycles. The van der Waals surface area contributed by atoms with Crippen molar-refractivity contribution in [3.63, 3.8) is 0 Å². The van der Waals surface area contributed by atoms with Gasteiger partial charge in [0.2, 0.25) is 0 Å². The third kappa shape index (κ3) is 4.21. The summed E-state index contributed by atoms with van der Waals surface area (Å²) in [6.07, 6.45) is -4.10. The SMILES string of the molecule is Cc1ccc(NC(=O)c2cnn(-c3ccc(Cl)cc3)c2C(F)(F)F)cc1[N+](=O)[O-]. The largest absolute Gasteiger partial charge is 0.434 e. The van der Waals surface area contributed by atoms with E-state index in [4.69, 9.17) is 11.6 Å². The van der Waals surface area contributed by atoms with E-state index in [1.165, 1.54) is 43.3 Å². The summed E-state index contributed by atoms with van der Waals surface area (Å²) < 4.78 is 41.6. The Kier molecular flexibility index (Phi) is 5.29. The van der Waals surface area contributed by atoms with Crippen molar-refractivity contribution in [1.29, 1.82) is 0 Å². The summed E-state index contributed by atoms with van der Waals surface area (Å²) in [5.41, 5.74) is -1.88. The van der Waals surface area contributed by atoms with Gasteiger partial charge < -0.3 is 5.32 Å². The molecule has 150 valence electrons. The molecule has 0 aliphatic heterocycles. The second kappa shape index (κ2) is 7.55. The van der Waals surface area contributed by atoms with Crippen molar-refractivity contribution < 1.29 is 22.9 Å². The number of nitro benzene ring substituents is 1. The molecule has 11 heteroatoms. The first kappa shape index (κ1) is 20.3. The molecular weight excluding hydrogens is 413 g/mol. The monoisotopic (exact) mass is 424 g/mol. The van der Waals surface area contributed by atoms with Crippen LogP contribution in [0.5, 0.6) is 0 Å². The van der Waals surface area contributed by atoms with Crippen LogP contribution < -0.4 is 5.32 Å². The number of nitrogens with zero attached hydrogens (tertiary/aromatic N) is 3. The zero-order valence-electron chi connectivity index (χ0n) is 14.7. The van der Waals surface area contributed by atoms with Crippen LogP contribution in [0.4, 0.5) is 24.5 Å². The molecule has 3 aromatic rings. The molecule has 1 amide bonds. The normalized spacial score (nSPS) is 11.3. The van der Waals surface area contributed by atoms with E-state index < -0.39 is 28.3 Å². The number of hydrogen-bond acceptors (Lipinski definition) is 4. The molecule has 0 bridgehead atoms. The van der Waals surface area contributed by atoms with Gasteiger partial charge in [0.15, 0.2) is 5.69 Å². The average Bonchev–Trinajstić information content (AvgIpc) is 3.09. The first-order valence-electron chi connectivity index (χ1n) is 8.05. The topological polar surface area (TPSA) is 90.1 Å². The fourth-order valence-electron chi connectivity index (χ4n) is 2.65. The van der Waals surface area contributed by atoms with Crippen LogP contribution in [-0.4, -0.2) is 20.6 Å². The summed E-state index contributed by atoms with van der Waals surface area (Å²) in [5, 5.41) is 17.3. The third-order valence-corrected chi connectivity index (χ3v) is 4.27. The van der Waals surface area contributed by atoms with E-state index in [0.717, 1.165) is 12.3 Å². The predicted octanol–water partition coefficient (Wildman–Crippen LogP) is 5.01. The average molecular weight is 425 g/mol. The molecule has 2 aromatic carbocycles. The molecular formula is C18H12ClF3N4O3. The maximum Gasteiger partial charge on any atom is 0.434 e. The van der Waals surface area contributed by atoms with Gasteiger partial charge in [-0.2, -0.15) is 18.3 Å². The van der Waals surface area contributed by atoms with E-state index in [9.17, 15) is 28.1 Å². The van der Waals surface area contributed by atoms with Crippen LogP contribution in [0.3, 0.4) is 0 Å². The number of aryl methyl sites for hydroxylation is 1. The van der Waals surface area contributed by atoms with Crippen LogP contribution in [0, 0.1) is 17.0 Å². The van der Waals surface area contributed by atoms with Gasteiger partial charge in [0.25, 0.3) is 11.6 Å². The molecule has 0 atom stereocenters. The highest BCUT2D eigenvalue weighted by Crippen LogP contribution is 2.34. The van der Waals surface area contributed by atoms with Gasteiger partial charge in [0, 0.05) is 22.3 Å². The van der Waals surface area contributed by atoms with E-state index in [0.29, 0.717) is 15.3 Å². The molecule has 0 spiro atoms. The Bertz CT molecular complexity index is 1090. The van der Waals surface area contributed by atoms with E-state index in [2.05, 4.69) is 10.4 Å². The third-order valence-electron chi connectivity index (χ3n) is 4.02. The molecule has 7 nitrogen and oxygen atoms in total. The molecule has 1 heterocycles. The van der Waals surface area contributed by atoms with Crippen LogP contribution in [0.15, 0.2) is 48.7 Å². The second-order valence-electron chi connectivity index (χ2n) is 6.01. The van der Waals surface area contributed by atoms with Crippen LogP contribution in [0.1, 0.15) is 21.6 Å². The molecule has 1 N–H and O–H groups in total. The first-order chi connectivity index (χ1) is 13.6. The first-order valence-corrected chi connectivity index (χ1v) is 8.43. The van der Waals surface area contributed by atoms with Crippen molar-refractivity contribution in [1.82, 2.24) is 9.78 Å². The van der Waals surface area contributed by atoms with Gasteiger partial charge in [0.1, 0.15) is 0 Å². The summed E-state index contributed by atoms with van der Waals surface area (Å²) in [5.74, 6) is -1.10. The Morgan fingerprint density at radius 2 is 1.86 bits per heavy atom. The molecule has 29 heavy (non-hydrogen) atoms. The van der Waals surface area contributed by atoms with Gasteiger partial charge in [-0.05, 0) is 37.3 Å². The molecule has 3 rings (SSSR count). The number of carbonyl (C=O) groups excluding carboxylic acids is 1. The lowest BCUT2D eigenvalue weighted by atomic mass is 10.1. The number of halogens is 4. The van der Waals surface area contributed by atoms with Crippen LogP contribution >= 0.6 is 11.6 Å². The standard InChI is InChI=1S/C18H12ClF3N4O3/c1-10-2-5-12(8-15(10)26(28)29)24-17(27)14-9-23-25(16(14)18(20,21)22)13-6-3-11(19)4-7-13/h2-9H,1H3,(H,24,27). The van der Waals surface area contributed by atoms with Gasteiger partial charge in [-0.15, -0.1) is 0 Å². The highest BCUT2D eigenvalue weighted by molar-refractivity contribution is 6.30. The quantitative estimate of drug-likeness (QED) is 0.470. The van der Waals surface area contributed by atoms with Crippen LogP contribution in [0.25, 0.3) is 5.69 Å². The van der Waals surface area contributed by atoms with E-state index in [1.54, 1.807) is 0 Å². The number of nitro groups is 1. The minimum absolute atomic E-state index is 0.0142. The van der Waals surface area contributed by atoms with Crippen molar-refractivity contribution in [3.8, 4) is 5.69 Å². The Labute approximate surface area is 166 Å². The number of nitrogens with one attached hydrogen (secondary N) is 1. The van der Waals surface area contributed by atoms with Crippen molar-refractivity contribution in [2.75, 3.05) is 5.32 Å². The number of amides is 1. The number of aromatic nitrogens is 2. The molecule has 0 aliphatic carbocycles. The summed E-state index contributed by atoms with van der Waals surface area (Å²) in [4.78, 5) is 22.9. The summed E-state index contributed by atoms with van der Waals surface area (Å²) in [6, 6.07) is 9.26. The highest BCUT2D eigenvalue weighted by atomic mass is 35.5.